The Morgan fingerprint density at radius 3 is 2.42 bits per heavy atom. The third kappa shape index (κ3) is 3.68. The van der Waals surface area contributed by atoms with Gasteiger partial charge in [0, 0.05) is 23.9 Å². The first-order valence-corrected chi connectivity index (χ1v) is 8.32. The molecule has 1 aromatic carbocycles. The molecule has 0 bridgehead atoms. The molecule has 2 aromatic rings. The summed E-state index contributed by atoms with van der Waals surface area (Å²) in [6.07, 6.45) is 4.42. The molecule has 2 amide bonds. The minimum Gasteiger partial charge on any atom is -0.322 e. The second-order valence-electron chi connectivity index (χ2n) is 5.60. The number of hydrogen-bond acceptors (Lipinski definition) is 3. The molecule has 0 radical (unpaired) electrons. The van der Waals surface area contributed by atoms with Gasteiger partial charge in [0.25, 0.3) is 5.91 Å². The van der Waals surface area contributed by atoms with E-state index in [2.05, 4.69) is 15.6 Å². The van der Waals surface area contributed by atoms with Crippen LogP contribution in [0.1, 0.15) is 29.6 Å². The van der Waals surface area contributed by atoms with Crippen molar-refractivity contribution in [1.82, 2.24) is 4.98 Å². The fourth-order valence-corrected chi connectivity index (χ4v) is 2.95. The smallest absolute Gasteiger partial charge is 0.258 e. The number of hydrogen-bond donors (Lipinski definition) is 2. The van der Waals surface area contributed by atoms with Gasteiger partial charge < -0.3 is 10.6 Å². The Bertz CT molecular complexity index is 771. The highest BCUT2D eigenvalue weighted by atomic mass is 35.5. The van der Waals surface area contributed by atoms with Gasteiger partial charge in [-0.05, 0) is 31.0 Å². The van der Waals surface area contributed by atoms with Gasteiger partial charge in [-0.3, -0.25) is 9.59 Å². The lowest BCUT2D eigenvalue weighted by atomic mass is 9.85. The van der Waals surface area contributed by atoms with Crippen LogP contribution in [0.2, 0.25) is 10.0 Å². The van der Waals surface area contributed by atoms with Gasteiger partial charge in [0.05, 0.1) is 15.6 Å². The van der Waals surface area contributed by atoms with E-state index in [0.29, 0.717) is 11.5 Å². The molecule has 0 saturated heterocycles. The molecule has 0 aliphatic heterocycles. The molecule has 5 nitrogen and oxygen atoms in total. The molecule has 1 aliphatic rings. The minimum atomic E-state index is -0.423. The van der Waals surface area contributed by atoms with Gasteiger partial charge in [-0.2, -0.15) is 0 Å². The van der Waals surface area contributed by atoms with Gasteiger partial charge in [0.1, 0.15) is 5.82 Å². The normalized spacial score (nSPS) is 13.9. The topological polar surface area (TPSA) is 71.1 Å². The zero-order valence-electron chi connectivity index (χ0n) is 12.7. The number of halogens is 2. The summed E-state index contributed by atoms with van der Waals surface area (Å²) >= 11 is 12.1. The van der Waals surface area contributed by atoms with E-state index < -0.39 is 5.91 Å². The second kappa shape index (κ2) is 7.20. The van der Waals surface area contributed by atoms with Crippen molar-refractivity contribution in [3.8, 4) is 0 Å². The lowest BCUT2D eigenvalue weighted by Crippen LogP contribution is -2.28. The largest absolute Gasteiger partial charge is 0.322 e. The standard InChI is InChI=1S/C17H15Cl2N3O2/c18-12-5-2-6-13(19)15(12)17(24)21-11-7-8-20-14(9-11)22-16(23)10-3-1-4-10/h2,5-10H,1,3-4H2,(H2,20,21,22,23,24). The zero-order valence-corrected chi connectivity index (χ0v) is 14.2. The van der Waals surface area contributed by atoms with Crippen LogP contribution in [0.4, 0.5) is 11.5 Å². The summed E-state index contributed by atoms with van der Waals surface area (Å²) in [6, 6.07) is 8.08. The van der Waals surface area contributed by atoms with Crippen molar-refractivity contribution in [3.05, 3.63) is 52.1 Å². The first-order valence-electron chi connectivity index (χ1n) is 7.57. The van der Waals surface area contributed by atoms with Crippen LogP contribution in [0.25, 0.3) is 0 Å². The van der Waals surface area contributed by atoms with Crippen molar-refractivity contribution >= 4 is 46.5 Å². The van der Waals surface area contributed by atoms with Crippen LogP contribution in [0.5, 0.6) is 0 Å². The maximum Gasteiger partial charge on any atom is 0.258 e. The van der Waals surface area contributed by atoms with Gasteiger partial charge in [-0.25, -0.2) is 4.98 Å². The summed E-state index contributed by atoms with van der Waals surface area (Å²) in [7, 11) is 0. The molecule has 0 atom stereocenters. The van der Waals surface area contributed by atoms with Crippen LogP contribution in [0.3, 0.4) is 0 Å². The Labute approximate surface area is 149 Å². The quantitative estimate of drug-likeness (QED) is 0.846. The van der Waals surface area contributed by atoms with E-state index in [-0.39, 0.29) is 27.4 Å². The molecule has 2 N–H and O–H groups in total. The number of amides is 2. The Hall–Kier alpha value is -2.11. The molecule has 0 spiro atoms. The van der Waals surface area contributed by atoms with E-state index in [4.69, 9.17) is 23.2 Å². The van der Waals surface area contributed by atoms with Gasteiger partial charge >= 0.3 is 0 Å². The molecule has 3 rings (SSSR count). The number of nitrogens with one attached hydrogen (secondary N) is 2. The summed E-state index contributed by atoms with van der Waals surface area (Å²) in [5.41, 5.74) is 0.701. The molecule has 0 unspecified atom stereocenters. The zero-order chi connectivity index (χ0) is 17.1. The van der Waals surface area contributed by atoms with Crippen molar-refractivity contribution in [2.24, 2.45) is 5.92 Å². The lowest BCUT2D eigenvalue weighted by molar-refractivity contribution is -0.122. The molecule has 7 heteroatoms. The number of carbonyl (C=O) groups excluding carboxylic acids is 2. The summed E-state index contributed by atoms with van der Waals surface area (Å²) in [6.45, 7) is 0. The SMILES string of the molecule is O=C(Nc1ccnc(NC(=O)C2CCC2)c1)c1c(Cl)cccc1Cl. The molecule has 1 saturated carbocycles. The number of anilines is 2. The minimum absolute atomic E-state index is 0.0358. The first-order chi connectivity index (χ1) is 11.5. The number of aromatic nitrogens is 1. The monoisotopic (exact) mass is 363 g/mol. The van der Waals surface area contributed by atoms with Crippen molar-refractivity contribution in [2.75, 3.05) is 10.6 Å². The Morgan fingerprint density at radius 2 is 1.79 bits per heavy atom. The van der Waals surface area contributed by atoms with Gasteiger partial charge in [0.15, 0.2) is 0 Å². The summed E-state index contributed by atoms with van der Waals surface area (Å²) in [5.74, 6) is 0.00128. The molecular weight excluding hydrogens is 349 g/mol. The Balaban J connectivity index is 1.72. The number of carbonyl (C=O) groups is 2. The van der Waals surface area contributed by atoms with Crippen LogP contribution in [-0.2, 0) is 4.79 Å². The van der Waals surface area contributed by atoms with E-state index >= 15 is 0 Å². The number of benzene rings is 1. The van der Waals surface area contributed by atoms with E-state index in [1.165, 1.54) is 6.20 Å². The van der Waals surface area contributed by atoms with Gasteiger partial charge in [-0.15, -0.1) is 0 Å². The van der Waals surface area contributed by atoms with E-state index in [1.54, 1.807) is 30.3 Å². The molecule has 24 heavy (non-hydrogen) atoms. The predicted molar refractivity (Wildman–Crippen MR) is 94.6 cm³/mol. The van der Waals surface area contributed by atoms with Crippen LogP contribution in [0, 0.1) is 5.92 Å². The maximum absolute atomic E-state index is 12.4. The van der Waals surface area contributed by atoms with Crippen molar-refractivity contribution in [2.45, 2.75) is 19.3 Å². The first kappa shape index (κ1) is 16.7. The van der Waals surface area contributed by atoms with Gasteiger partial charge in [-0.1, -0.05) is 35.7 Å². The summed E-state index contributed by atoms with van der Waals surface area (Å²) in [5, 5.41) is 6.02. The predicted octanol–water partition coefficient (Wildman–Crippen LogP) is 4.38. The molecular formula is C17H15Cl2N3O2. The summed E-state index contributed by atoms with van der Waals surface area (Å²) < 4.78 is 0. The number of nitrogens with zero attached hydrogens (tertiary/aromatic N) is 1. The highest BCUT2D eigenvalue weighted by Gasteiger charge is 2.25. The van der Waals surface area contributed by atoms with E-state index in [0.717, 1.165) is 19.3 Å². The molecule has 1 heterocycles. The highest BCUT2D eigenvalue weighted by Crippen LogP contribution is 2.28. The summed E-state index contributed by atoms with van der Waals surface area (Å²) in [4.78, 5) is 28.4. The Kier molecular flexibility index (Phi) is 5.02. The average Bonchev–Trinajstić information content (AvgIpc) is 2.45. The third-order valence-electron chi connectivity index (χ3n) is 3.93. The molecule has 1 aromatic heterocycles. The third-order valence-corrected chi connectivity index (χ3v) is 4.56. The average molecular weight is 364 g/mol. The van der Waals surface area contributed by atoms with Crippen LogP contribution >= 0.6 is 23.2 Å². The number of rotatable bonds is 4. The van der Waals surface area contributed by atoms with E-state index in [9.17, 15) is 9.59 Å². The van der Waals surface area contributed by atoms with Crippen molar-refractivity contribution < 1.29 is 9.59 Å². The lowest BCUT2D eigenvalue weighted by Gasteiger charge is -2.23. The second-order valence-corrected chi connectivity index (χ2v) is 6.41. The van der Waals surface area contributed by atoms with Crippen LogP contribution in [0.15, 0.2) is 36.5 Å². The highest BCUT2D eigenvalue weighted by molar-refractivity contribution is 6.40. The van der Waals surface area contributed by atoms with Crippen molar-refractivity contribution in [1.29, 1.82) is 0 Å². The maximum atomic E-state index is 12.4. The Morgan fingerprint density at radius 1 is 1.08 bits per heavy atom. The fourth-order valence-electron chi connectivity index (χ4n) is 2.38. The van der Waals surface area contributed by atoms with Gasteiger partial charge in [0.2, 0.25) is 5.91 Å². The molecule has 1 aliphatic carbocycles. The van der Waals surface area contributed by atoms with Crippen molar-refractivity contribution in [3.63, 3.8) is 0 Å². The molecule has 1 fully saturated rings. The fraction of sp³-hybridized carbons (Fsp3) is 0.235. The molecule has 124 valence electrons. The van der Waals surface area contributed by atoms with E-state index in [1.807, 2.05) is 0 Å². The number of pyridine rings is 1. The van der Waals surface area contributed by atoms with Crippen LogP contribution in [-0.4, -0.2) is 16.8 Å². The van der Waals surface area contributed by atoms with Crippen LogP contribution < -0.4 is 10.6 Å².